The molecule has 0 spiro atoms. The van der Waals surface area contributed by atoms with Gasteiger partial charge in [0.2, 0.25) is 11.0 Å². The lowest BCUT2D eigenvalue weighted by atomic mass is 10.3. The van der Waals surface area contributed by atoms with E-state index in [0.29, 0.717) is 17.3 Å². The zero-order valence-electron chi connectivity index (χ0n) is 15.2. The van der Waals surface area contributed by atoms with Crippen molar-refractivity contribution in [1.82, 2.24) is 4.98 Å². The molecule has 0 aliphatic rings. The largest absolute Gasteiger partial charge is 0.272 e. The van der Waals surface area contributed by atoms with Crippen LogP contribution in [0, 0.1) is 0 Å². The number of carbonyl (C=O) groups excluding carboxylic acids is 1. The van der Waals surface area contributed by atoms with E-state index in [1.807, 2.05) is 66.0 Å². The second-order valence-electron chi connectivity index (χ2n) is 5.99. The van der Waals surface area contributed by atoms with Gasteiger partial charge in [-0.3, -0.25) is 4.79 Å². The van der Waals surface area contributed by atoms with E-state index in [2.05, 4.69) is 26.0 Å². The summed E-state index contributed by atoms with van der Waals surface area (Å²) in [6.07, 6.45) is 2.09. The van der Waals surface area contributed by atoms with E-state index in [-0.39, 0.29) is 5.91 Å². The number of fused-ring (bicyclic) bond motifs is 1. The molecule has 0 unspecified atom stereocenters. The number of nitrogens with zero attached hydrogens (tertiary/aromatic N) is 3. The number of thiazole rings is 1. The number of anilines is 1. The van der Waals surface area contributed by atoms with Gasteiger partial charge in [-0.05, 0) is 41.8 Å². The van der Waals surface area contributed by atoms with Crippen molar-refractivity contribution in [1.29, 1.82) is 0 Å². The van der Waals surface area contributed by atoms with Crippen LogP contribution >= 0.6 is 50.4 Å². The average Bonchev–Trinajstić information content (AvgIpc) is 3.38. The topological polar surface area (TPSA) is 45.6 Å². The van der Waals surface area contributed by atoms with Crippen molar-refractivity contribution >= 4 is 77.8 Å². The molecule has 8 heteroatoms. The fraction of sp³-hybridized carbons (Fsp3) is 0.0952. The first-order valence-corrected chi connectivity index (χ1v) is 12.3. The van der Waals surface area contributed by atoms with Crippen LogP contribution in [0.15, 0.2) is 80.5 Å². The lowest BCUT2D eigenvalue weighted by Crippen LogP contribution is -2.25. The van der Waals surface area contributed by atoms with Crippen LogP contribution in [-0.4, -0.2) is 22.9 Å². The van der Waals surface area contributed by atoms with Gasteiger partial charge >= 0.3 is 0 Å². The Bertz CT molecular complexity index is 1130. The zero-order chi connectivity index (χ0) is 20.1. The number of hydrazone groups is 1. The third-order valence-corrected chi connectivity index (χ3v) is 7.24. The summed E-state index contributed by atoms with van der Waals surface area (Å²) in [5.74, 6) is 0.615. The van der Waals surface area contributed by atoms with E-state index < -0.39 is 0 Å². The average molecular weight is 502 g/mol. The first-order chi connectivity index (χ1) is 14.2. The maximum absolute atomic E-state index is 13.0. The van der Waals surface area contributed by atoms with Crippen LogP contribution in [0.25, 0.3) is 10.2 Å². The van der Waals surface area contributed by atoms with Crippen molar-refractivity contribution in [2.45, 2.75) is 11.3 Å². The van der Waals surface area contributed by atoms with Crippen molar-refractivity contribution in [3.05, 3.63) is 75.4 Å². The highest BCUT2D eigenvalue weighted by atomic mass is 79.9. The summed E-state index contributed by atoms with van der Waals surface area (Å²) in [7, 11) is 0. The molecular formula is C21H16BrN3OS3. The molecule has 2 aromatic carbocycles. The minimum absolute atomic E-state index is 0.0700. The van der Waals surface area contributed by atoms with Crippen LogP contribution in [0.4, 0.5) is 5.13 Å². The normalized spacial score (nSPS) is 11.3. The minimum Gasteiger partial charge on any atom is -0.272 e. The van der Waals surface area contributed by atoms with Crippen LogP contribution in [0.2, 0.25) is 0 Å². The predicted octanol–water partition coefficient (Wildman–Crippen LogP) is 6.67. The molecule has 146 valence electrons. The van der Waals surface area contributed by atoms with E-state index in [4.69, 9.17) is 0 Å². The van der Waals surface area contributed by atoms with Crippen molar-refractivity contribution < 1.29 is 4.79 Å². The van der Waals surface area contributed by atoms with Gasteiger partial charge in [0.25, 0.3) is 0 Å². The molecule has 29 heavy (non-hydrogen) atoms. The standard InChI is InChI=1S/C21H16BrN3OS3/c22-15-8-9-18-19(13-15)29-21(24-18)25(23-14-17-7-4-11-27-17)20(26)10-12-28-16-5-2-1-3-6-16/h1-9,11,13-14H,10,12H2/b23-14+. The van der Waals surface area contributed by atoms with Crippen LogP contribution in [0.1, 0.15) is 11.3 Å². The summed E-state index contributed by atoms with van der Waals surface area (Å²) in [6, 6.07) is 19.9. The van der Waals surface area contributed by atoms with Gasteiger partial charge in [-0.15, -0.1) is 23.1 Å². The van der Waals surface area contributed by atoms with Crippen LogP contribution < -0.4 is 5.01 Å². The molecule has 1 amide bonds. The molecule has 0 aliphatic carbocycles. The number of carbonyl (C=O) groups is 1. The molecule has 4 rings (SSSR count). The molecule has 0 saturated carbocycles. The maximum atomic E-state index is 13.0. The molecule has 2 aromatic heterocycles. The van der Waals surface area contributed by atoms with Gasteiger partial charge in [0, 0.05) is 26.4 Å². The summed E-state index contributed by atoms with van der Waals surface area (Å²) < 4.78 is 2.00. The van der Waals surface area contributed by atoms with Gasteiger partial charge in [0.05, 0.1) is 16.4 Å². The van der Waals surface area contributed by atoms with Gasteiger partial charge in [-0.25, -0.2) is 4.98 Å². The molecule has 4 nitrogen and oxygen atoms in total. The predicted molar refractivity (Wildman–Crippen MR) is 129 cm³/mol. The Kier molecular flexibility index (Phi) is 6.76. The SMILES string of the molecule is O=C(CCSc1ccccc1)N(/N=C/c1cccs1)c1nc2ccc(Br)cc2s1. The Balaban J connectivity index is 1.54. The molecule has 0 radical (unpaired) electrons. The Morgan fingerprint density at radius 1 is 1.17 bits per heavy atom. The van der Waals surface area contributed by atoms with Crippen molar-refractivity contribution in [3.63, 3.8) is 0 Å². The van der Waals surface area contributed by atoms with Crippen LogP contribution in [0.5, 0.6) is 0 Å². The van der Waals surface area contributed by atoms with E-state index in [1.54, 1.807) is 29.3 Å². The molecule has 4 aromatic rings. The summed E-state index contributed by atoms with van der Waals surface area (Å²) in [4.78, 5) is 19.8. The second kappa shape index (κ2) is 9.67. The van der Waals surface area contributed by atoms with Gasteiger partial charge < -0.3 is 0 Å². The number of thioether (sulfide) groups is 1. The second-order valence-corrected chi connectivity index (χ2v) is 10.1. The molecule has 0 N–H and O–H groups in total. The van der Waals surface area contributed by atoms with Crippen LogP contribution in [0.3, 0.4) is 0 Å². The highest BCUT2D eigenvalue weighted by Gasteiger charge is 2.19. The highest BCUT2D eigenvalue weighted by Crippen LogP contribution is 2.31. The number of amides is 1. The number of hydrogen-bond acceptors (Lipinski definition) is 6. The van der Waals surface area contributed by atoms with E-state index in [1.165, 1.54) is 16.3 Å². The van der Waals surface area contributed by atoms with Crippen molar-refractivity contribution in [2.75, 3.05) is 10.8 Å². The van der Waals surface area contributed by atoms with E-state index in [9.17, 15) is 4.79 Å². The fourth-order valence-electron chi connectivity index (χ4n) is 2.56. The monoisotopic (exact) mass is 501 g/mol. The minimum atomic E-state index is -0.0700. The van der Waals surface area contributed by atoms with Gasteiger partial charge in [0.1, 0.15) is 0 Å². The van der Waals surface area contributed by atoms with Crippen molar-refractivity contribution in [2.24, 2.45) is 5.10 Å². The molecule has 0 fully saturated rings. The van der Waals surface area contributed by atoms with Gasteiger partial charge in [-0.1, -0.05) is 51.5 Å². The number of hydrogen-bond donors (Lipinski definition) is 0. The molecule has 0 atom stereocenters. The van der Waals surface area contributed by atoms with Gasteiger partial charge in [0.15, 0.2) is 0 Å². The lowest BCUT2D eigenvalue weighted by Gasteiger charge is -2.13. The smallest absolute Gasteiger partial charge is 0.250 e. The molecule has 0 aliphatic heterocycles. The molecule has 2 heterocycles. The van der Waals surface area contributed by atoms with Crippen LogP contribution in [-0.2, 0) is 4.79 Å². The third kappa shape index (κ3) is 5.33. The zero-order valence-corrected chi connectivity index (χ0v) is 19.2. The summed E-state index contributed by atoms with van der Waals surface area (Å²) >= 11 is 8.19. The number of thiophene rings is 1. The Morgan fingerprint density at radius 3 is 2.83 bits per heavy atom. The summed E-state index contributed by atoms with van der Waals surface area (Å²) in [5, 5.41) is 8.48. The lowest BCUT2D eigenvalue weighted by molar-refractivity contribution is -0.118. The quantitative estimate of drug-likeness (QED) is 0.161. The number of rotatable bonds is 7. The molecular weight excluding hydrogens is 486 g/mol. The Morgan fingerprint density at radius 2 is 2.03 bits per heavy atom. The number of aromatic nitrogens is 1. The number of benzene rings is 2. The summed E-state index contributed by atoms with van der Waals surface area (Å²) in [5.41, 5.74) is 0.857. The Labute approximate surface area is 189 Å². The summed E-state index contributed by atoms with van der Waals surface area (Å²) in [6.45, 7) is 0. The Hall–Kier alpha value is -2.00. The molecule has 0 saturated heterocycles. The maximum Gasteiger partial charge on any atom is 0.250 e. The van der Waals surface area contributed by atoms with E-state index in [0.717, 1.165) is 24.5 Å². The highest BCUT2D eigenvalue weighted by molar-refractivity contribution is 9.10. The fourth-order valence-corrected chi connectivity index (χ4v) is 5.49. The van der Waals surface area contributed by atoms with Crippen molar-refractivity contribution in [3.8, 4) is 0 Å². The first-order valence-electron chi connectivity index (χ1n) is 8.83. The molecule has 0 bridgehead atoms. The van der Waals surface area contributed by atoms with E-state index >= 15 is 0 Å². The number of halogens is 1. The third-order valence-electron chi connectivity index (χ3n) is 3.93. The van der Waals surface area contributed by atoms with Gasteiger partial charge in [-0.2, -0.15) is 10.1 Å². The first kappa shape index (κ1) is 20.3.